The molecule has 0 amide bonds. The van der Waals surface area contributed by atoms with Crippen LogP contribution in [0.1, 0.15) is 19.4 Å². The molecule has 1 heteroatoms. The second-order valence-corrected chi connectivity index (χ2v) is 3.20. The fourth-order valence-corrected chi connectivity index (χ4v) is 0.944. The number of hydrogen-bond donors (Lipinski definition) is 1. The highest BCUT2D eigenvalue weighted by atomic mass is 16.3. The standard InChI is InChI=1S/C12H14O/c1-9(2)10(3)8-11-4-6-12(13)7-5-11/h4-8,13H,1H2,2-3H3/b10-8+. The van der Waals surface area contributed by atoms with Crippen LogP contribution in [0.2, 0.25) is 0 Å². The summed E-state index contributed by atoms with van der Waals surface area (Å²) in [6, 6.07) is 7.11. The molecule has 0 saturated carbocycles. The molecule has 0 unspecified atom stereocenters. The minimum atomic E-state index is 0.296. The number of hydrogen-bond acceptors (Lipinski definition) is 1. The van der Waals surface area contributed by atoms with Gasteiger partial charge in [0.05, 0.1) is 0 Å². The number of rotatable bonds is 2. The highest BCUT2D eigenvalue weighted by Crippen LogP contribution is 2.15. The van der Waals surface area contributed by atoms with Crippen LogP contribution in [-0.2, 0) is 0 Å². The van der Waals surface area contributed by atoms with Crippen molar-refractivity contribution >= 4 is 6.08 Å². The van der Waals surface area contributed by atoms with E-state index >= 15 is 0 Å². The van der Waals surface area contributed by atoms with E-state index in [1.165, 1.54) is 0 Å². The van der Waals surface area contributed by atoms with Gasteiger partial charge < -0.3 is 5.11 Å². The van der Waals surface area contributed by atoms with Crippen LogP contribution in [0.5, 0.6) is 5.75 Å². The van der Waals surface area contributed by atoms with Gasteiger partial charge in [-0.3, -0.25) is 0 Å². The Labute approximate surface area is 79.0 Å². The summed E-state index contributed by atoms with van der Waals surface area (Å²) in [4.78, 5) is 0. The molecule has 0 fully saturated rings. The smallest absolute Gasteiger partial charge is 0.115 e. The van der Waals surface area contributed by atoms with E-state index in [1.807, 2.05) is 32.1 Å². The zero-order chi connectivity index (χ0) is 9.84. The molecular formula is C12H14O. The van der Waals surface area contributed by atoms with Crippen LogP contribution in [0.25, 0.3) is 6.08 Å². The van der Waals surface area contributed by atoms with E-state index in [9.17, 15) is 0 Å². The average Bonchev–Trinajstić information content (AvgIpc) is 2.08. The van der Waals surface area contributed by atoms with Crippen LogP contribution in [0.15, 0.2) is 42.0 Å². The molecule has 1 aromatic rings. The molecular weight excluding hydrogens is 160 g/mol. The van der Waals surface area contributed by atoms with Crippen LogP contribution in [-0.4, -0.2) is 5.11 Å². The molecule has 1 N–H and O–H groups in total. The maximum absolute atomic E-state index is 9.06. The fourth-order valence-electron chi connectivity index (χ4n) is 0.944. The molecule has 1 aromatic carbocycles. The zero-order valence-electron chi connectivity index (χ0n) is 8.04. The molecule has 0 heterocycles. The lowest BCUT2D eigenvalue weighted by Gasteiger charge is -1.99. The van der Waals surface area contributed by atoms with Crippen molar-refractivity contribution in [2.75, 3.05) is 0 Å². The first-order valence-corrected chi connectivity index (χ1v) is 4.23. The lowest BCUT2D eigenvalue weighted by Crippen LogP contribution is -1.77. The Kier molecular flexibility index (Phi) is 2.91. The predicted octanol–water partition coefficient (Wildman–Crippen LogP) is 3.37. The topological polar surface area (TPSA) is 20.2 Å². The second-order valence-electron chi connectivity index (χ2n) is 3.20. The third-order valence-corrected chi connectivity index (χ3v) is 1.95. The molecule has 13 heavy (non-hydrogen) atoms. The van der Waals surface area contributed by atoms with Crippen LogP contribution < -0.4 is 0 Å². The van der Waals surface area contributed by atoms with Gasteiger partial charge in [-0.15, -0.1) is 0 Å². The van der Waals surface area contributed by atoms with Gasteiger partial charge >= 0.3 is 0 Å². The summed E-state index contributed by atoms with van der Waals surface area (Å²) in [6.45, 7) is 7.85. The van der Waals surface area contributed by atoms with Crippen molar-refractivity contribution in [2.45, 2.75) is 13.8 Å². The molecule has 0 bridgehead atoms. The number of allylic oxidation sites excluding steroid dienone is 2. The molecule has 0 aromatic heterocycles. The molecule has 1 rings (SSSR count). The van der Waals surface area contributed by atoms with Crippen LogP contribution in [0.4, 0.5) is 0 Å². The Bertz CT molecular complexity index is 331. The molecule has 0 spiro atoms. The third-order valence-electron chi connectivity index (χ3n) is 1.95. The van der Waals surface area contributed by atoms with E-state index in [1.54, 1.807) is 12.1 Å². The number of aromatic hydroxyl groups is 1. The van der Waals surface area contributed by atoms with Crippen LogP contribution in [0.3, 0.4) is 0 Å². The summed E-state index contributed by atoms with van der Waals surface area (Å²) in [7, 11) is 0. The monoisotopic (exact) mass is 174 g/mol. The summed E-state index contributed by atoms with van der Waals surface area (Å²) < 4.78 is 0. The van der Waals surface area contributed by atoms with Gasteiger partial charge in [0.1, 0.15) is 5.75 Å². The first-order valence-electron chi connectivity index (χ1n) is 4.23. The molecule has 0 atom stereocenters. The second kappa shape index (κ2) is 3.94. The molecule has 1 nitrogen and oxygen atoms in total. The van der Waals surface area contributed by atoms with E-state index < -0.39 is 0 Å². The molecule has 0 aliphatic carbocycles. The van der Waals surface area contributed by atoms with Crippen molar-refractivity contribution in [1.29, 1.82) is 0 Å². The quantitative estimate of drug-likeness (QED) is 0.681. The predicted molar refractivity (Wildman–Crippen MR) is 56.6 cm³/mol. The van der Waals surface area contributed by atoms with E-state index in [0.717, 1.165) is 16.7 Å². The SMILES string of the molecule is C=C(C)/C(C)=C/c1ccc(O)cc1. The van der Waals surface area contributed by atoms with Crippen molar-refractivity contribution < 1.29 is 5.11 Å². The number of benzene rings is 1. The van der Waals surface area contributed by atoms with Crippen molar-refractivity contribution in [3.05, 3.63) is 47.6 Å². The largest absolute Gasteiger partial charge is 0.508 e. The first-order chi connectivity index (χ1) is 6.09. The molecule has 0 aliphatic heterocycles. The third kappa shape index (κ3) is 2.79. The lowest BCUT2D eigenvalue weighted by molar-refractivity contribution is 0.475. The van der Waals surface area contributed by atoms with Crippen molar-refractivity contribution in [3.8, 4) is 5.75 Å². The summed E-state index contributed by atoms with van der Waals surface area (Å²) in [5.41, 5.74) is 3.30. The van der Waals surface area contributed by atoms with E-state index in [4.69, 9.17) is 5.11 Å². The Morgan fingerprint density at radius 2 is 1.77 bits per heavy atom. The molecule has 0 radical (unpaired) electrons. The molecule has 0 aliphatic rings. The first kappa shape index (κ1) is 9.59. The molecule has 68 valence electrons. The Morgan fingerprint density at radius 1 is 1.23 bits per heavy atom. The number of phenols is 1. The van der Waals surface area contributed by atoms with Gasteiger partial charge in [-0.2, -0.15) is 0 Å². The summed E-state index contributed by atoms with van der Waals surface area (Å²) in [6.07, 6.45) is 2.04. The Morgan fingerprint density at radius 3 is 2.23 bits per heavy atom. The van der Waals surface area contributed by atoms with Gasteiger partial charge in [0.25, 0.3) is 0 Å². The van der Waals surface area contributed by atoms with Crippen molar-refractivity contribution in [1.82, 2.24) is 0 Å². The van der Waals surface area contributed by atoms with Gasteiger partial charge in [0.15, 0.2) is 0 Å². The summed E-state index contributed by atoms with van der Waals surface area (Å²) in [5.74, 6) is 0.296. The van der Waals surface area contributed by atoms with Crippen molar-refractivity contribution in [2.24, 2.45) is 0 Å². The van der Waals surface area contributed by atoms with Gasteiger partial charge in [-0.1, -0.05) is 30.4 Å². The lowest BCUT2D eigenvalue weighted by atomic mass is 10.1. The van der Waals surface area contributed by atoms with E-state index in [0.29, 0.717) is 5.75 Å². The van der Waals surface area contributed by atoms with Gasteiger partial charge in [0, 0.05) is 0 Å². The van der Waals surface area contributed by atoms with Gasteiger partial charge in [-0.05, 0) is 37.1 Å². The van der Waals surface area contributed by atoms with E-state index in [2.05, 4.69) is 6.58 Å². The summed E-state index contributed by atoms with van der Waals surface area (Å²) in [5, 5.41) is 9.06. The van der Waals surface area contributed by atoms with E-state index in [-0.39, 0.29) is 0 Å². The number of phenolic OH excluding ortho intramolecular Hbond substituents is 1. The highest BCUT2D eigenvalue weighted by molar-refractivity contribution is 5.57. The Hall–Kier alpha value is -1.50. The minimum Gasteiger partial charge on any atom is -0.508 e. The maximum atomic E-state index is 9.06. The highest BCUT2D eigenvalue weighted by Gasteiger charge is 1.92. The maximum Gasteiger partial charge on any atom is 0.115 e. The fraction of sp³-hybridized carbons (Fsp3) is 0.167. The zero-order valence-corrected chi connectivity index (χ0v) is 8.04. The Balaban J connectivity index is 2.92. The summed E-state index contributed by atoms with van der Waals surface area (Å²) >= 11 is 0. The molecule has 0 saturated heterocycles. The van der Waals surface area contributed by atoms with Crippen LogP contribution in [0, 0.1) is 0 Å². The minimum absolute atomic E-state index is 0.296. The van der Waals surface area contributed by atoms with Gasteiger partial charge in [-0.25, -0.2) is 0 Å². The average molecular weight is 174 g/mol. The van der Waals surface area contributed by atoms with Crippen LogP contribution >= 0.6 is 0 Å². The normalized spacial score (nSPS) is 11.4. The van der Waals surface area contributed by atoms with Crippen molar-refractivity contribution in [3.63, 3.8) is 0 Å². The van der Waals surface area contributed by atoms with Gasteiger partial charge in [0.2, 0.25) is 0 Å².